The fourth-order valence-electron chi connectivity index (χ4n) is 2.37. The summed E-state index contributed by atoms with van der Waals surface area (Å²) in [7, 11) is -7.91. The Morgan fingerprint density at radius 1 is 1.24 bits per heavy atom. The Balaban J connectivity index is 2.38. The molecule has 0 bridgehead atoms. The van der Waals surface area contributed by atoms with E-state index in [1.165, 1.54) is 10.4 Å². The molecule has 1 aromatic heterocycles. The number of hydrogen-bond donors (Lipinski definition) is 2. The second-order valence-corrected chi connectivity index (χ2v) is 8.10. The van der Waals surface area contributed by atoms with E-state index in [-0.39, 0.29) is 11.7 Å². The molecule has 8 nitrogen and oxygen atoms in total. The third-order valence-corrected chi connectivity index (χ3v) is 5.23. The molecular formula is C11H17N3O5S2. The van der Waals surface area contributed by atoms with Crippen LogP contribution in [-0.4, -0.2) is 51.8 Å². The monoisotopic (exact) mass is 335 g/mol. The van der Waals surface area contributed by atoms with Crippen LogP contribution in [0.15, 0.2) is 23.4 Å². The maximum Gasteiger partial charge on any atom is 0.312 e. The number of pyridine rings is 1. The van der Waals surface area contributed by atoms with E-state index in [0.29, 0.717) is 25.9 Å². The van der Waals surface area contributed by atoms with E-state index < -0.39 is 25.2 Å². The molecule has 1 aliphatic rings. The van der Waals surface area contributed by atoms with Crippen LogP contribution in [0.1, 0.15) is 12.8 Å². The molecule has 0 aliphatic carbocycles. The summed E-state index contributed by atoms with van der Waals surface area (Å²) >= 11 is 0. The lowest BCUT2D eigenvalue weighted by atomic mass is 10.1. The van der Waals surface area contributed by atoms with Crippen LogP contribution < -0.4 is 9.62 Å². The van der Waals surface area contributed by atoms with Crippen molar-refractivity contribution in [2.75, 3.05) is 23.7 Å². The van der Waals surface area contributed by atoms with Gasteiger partial charge in [-0.2, -0.15) is 8.42 Å². The quantitative estimate of drug-likeness (QED) is 0.735. The van der Waals surface area contributed by atoms with Crippen LogP contribution in [0.2, 0.25) is 0 Å². The molecule has 0 atom stereocenters. The number of anilines is 1. The maximum absolute atomic E-state index is 12.0. The summed E-state index contributed by atoms with van der Waals surface area (Å²) in [5, 5.41) is 2.64. The molecule has 0 amide bonds. The van der Waals surface area contributed by atoms with E-state index in [9.17, 15) is 16.8 Å². The Morgan fingerprint density at radius 2 is 1.86 bits per heavy atom. The van der Waals surface area contributed by atoms with E-state index in [0.717, 1.165) is 18.5 Å². The van der Waals surface area contributed by atoms with Crippen molar-refractivity contribution in [2.24, 2.45) is 0 Å². The molecule has 118 valence electrons. The Morgan fingerprint density at radius 3 is 2.29 bits per heavy atom. The number of aromatic nitrogens is 1. The van der Waals surface area contributed by atoms with Gasteiger partial charge >= 0.3 is 10.1 Å². The highest BCUT2D eigenvalue weighted by atomic mass is 32.2. The molecule has 1 aromatic rings. The average molecular weight is 335 g/mol. The second kappa shape index (κ2) is 5.87. The lowest BCUT2D eigenvalue weighted by molar-refractivity contribution is 0.454. The van der Waals surface area contributed by atoms with Crippen molar-refractivity contribution in [3.05, 3.63) is 18.3 Å². The van der Waals surface area contributed by atoms with Gasteiger partial charge in [-0.1, -0.05) is 0 Å². The van der Waals surface area contributed by atoms with E-state index in [2.05, 4.69) is 10.3 Å². The lowest BCUT2D eigenvalue weighted by Gasteiger charge is -2.34. The first-order valence-electron chi connectivity index (χ1n) is 6.33. The lowest BCUT2D eigenvalue weighted by Crippen LogP contribution is -2.46. The molecule has 21 heavy (non-hydrogen) atoms. The van der Waals surface area contributed by atoms with Crippen LogP contribution in [0.4, 0.5) is 5.69 Å². The zero-order valence-electron chi connectivity index (χ0n) is 11.4. The molecule has 10 heteroatoms. The molecule has 0 aromatic carbocycles. The summed E-state index contributed by atoms with van der Waals surface area (Å²) < 4.78 is 56.1. The first kappa shape index (κ1) is 16.1. The van der Waals surface area contributed by atoms with Gasteiger partial charge < -0.3 is 5.32 Å². The van der Waals surface area contributed by atoms with Crippen LogP contribution >= 0.6 is 0 Å². The third kappa shape index (κ3) is 3.90. The van der Waals surface area contributed by atoms with Crippen LogP contribution in [0.25, 0.3) is 0 Å². The summed E-state index contributed by atoms with van der Waals surface area (Å²) in [6.45, 7) is 1.43. The predicted molar refractivity (Wildman–Crippen MR) is 77.3 cm³/mol. The number of nitrogens with zero attached hydrogens (tertiary/aromatic N) is 2. The van der Waals surface area contributed by atoms with Gasteiger partial charge in [-0.3, -0.25) is 8.86 Å². The highest BCUT2D eigenvalue weighted by molar-refractivity contribution is 7.92. The molecule has 2 heterocycles. The summed E-state index contributed by atoms with van der Waals surface area (Å²) in [4.78, 5) is 3.62. The normalized spacial score (nSPS) is 17.6. The average Bonchev–Trinajstić information content (AvgIpc) is 2.38. The number of nitrogens with one attached hydrogen (secondary N) is 1. The number of rotatable bonds is 4. The van der Waals surface area contributed by atoms with Gasteiger partial charge in [0.1, 0.15) is 0 Å². The van der Waals surface area contributed by atoms with E-state index >= 15 is 0 Å². The van der Waals surface area contributed by atoms with Crippen molar-refractivity contribution in [2.45, 2.75) is 23.9 Å². The van der Waals surface area contributed by atoms with Crippen molar-refractivity contribution < 1.29 is 21.4 Å². The minimum Gasteiger partial charge on any atom is -0.317 e. The standard InChI is InChI=1S/C11H17N3O5S2/c1-20(15,16)14(9-4-6-12-7-5-9)10-2-3-11(13-8-10)21(17,18)19/h2-3,8-9,12H,4-7H2,1H3,(H,17,18,19). The summed E-state index contributed by atoms with van der Waals surface area (Å²) in [6.07, 6.45) is 3.57. The first-order chi connectivity index (χ1) is 9.69. The summed E-state index contributed by atoms with van der Waals surface area (Å²) in [5.41, 5.74) is 0.289. The third-order valence-electron chi connectivity index (χ3n) is 3.24. The van der Waals surface area contributed by atoms with Gasteiger partial charge in [-0.15, -0.1) is 0 Å². The fourth-order valence-corrected chi connectivity index (χ4v) is 4.04. The second-order valence-electron chi connectivity index (χ2n) is 4.87. The fraction of sp³-hybridized carbons (Fsp3) is 0.545. The van der Waals surface area contributed by atoms with Gasteiger partial charge in [0.25, 0.3) is 0 Å². The van der Waals surface area contributed by atoms with Crippen molar-refractivity contribution in [3.63, 3.8) is 0 Å². The molecule has 1 aliphatic heterocycles. The Bertz CT molecular complexity index is 694. The van der Waals surface area contributed by atoms with Gasteiger partial charge in [0.05, 0.1) is 18.1 Å². The topological polar surface area (TPSA) is 117 Å². The molecule has 1 saturated heterocycles. The maximum atomic E-state index is 12.0. The molecule has 1 fully saturated rings. The smallest absolute Gasteiger partial charge is 0.312 e. The van der Waals surface area contributed by atoms with Crippen molar-refractivity contribution in [3.8, 4) is 0 Å². The number of hydrogen-bond acceptors (Lipinski definition) is 6. The van der Waals surface area contributed by atoms with Gasteiger partial charge in [0, 0.05) is 6.04 Å². The van der Waals surface area contributed by atoms with Crippen LogP contribution in [-0.2, 0) is 20.1 Å². The van der Waals surface area contributed by atoms with Crippen LogP contribution in [0, 0.1) is 0 Å². The minimum absolute atomic E-state index is 0.195. The largest absolute Gasteiger partial charge is 0.317 e. The zero-order chi connectivity index (χ0) is 15.7. The number of sulfonamides is 1. The molecule has 2 N–H and O–H groups in total. The van der Waals surface area contributed by atoms with Gasteiger partial charge in [-0.05, 0) is 38.1 Å². The van der Waals surface area contributed by atoms with Crippen molar-refractivity contribution >= 4 is 25.8 Å². The van der Waals surface area contributed by atoms with Crippen molar-refractivity contribution in [1.82, 2.24) is 10.3 Å². The van der Waals surface area contributed by atoms with E-state index in [4.69, 9.17) is 4.55 Å². The van der Waals surface area contributed by atoms with E-state index in [1.54, 1.807) is 0 Å². The molecule has 0 unspecified atom stereocenters. The SMILES string of the molecule is CS(=O)(=O)N(c1ccc(S(=O)(=O)O)nc1)C1CCNCC1. The molecule has 2 rings (SSSR count). The van der Waals surface area contributed by atoms with Crippen LogP contribution in [0.3, 0.4) is 0 Å². The Hall–Kier alpha value is -1.23. The minimum atomic E-state index is -4.39. The van der Waals surface area contributed by atoms with Crippen molar-refractivity contribution in [1.29, 1.82) is 0 Å². The zero-order valence-corrected chi connectivity index (χ0v) is 13.1. The number of piperidine rings is 1. The molecule has 0 saturated carbocycles. The Kier molecular flexibility index (Phi) is 4.51. The van der Waals surface area contributed by atoms with Crippen LogP contribution in [0.5, 0.6) is 0 Å². The van der Waals surface area contributed by atoms with E-state index in [1.807, 2.05) is 0 Å². The predicted octanol–water partition coefficient (Wildman–Crippen LogP) is -0.154. The molecular weight excluding hydrogens is 318 g/mol. The Labute approximate surface area is 124 Å². The van der Waals surface area contributed by atoms with Gasteiger partial charge in [-0.25, -0.2) is 13.4 Å². The summed E-state index contributed by atoms with van der Waals surface area (Å²) in [5.74, 6) is 0. The highest BCUT2D eigenvalue weighted by Gasteiger charge is 2.28. The summed E-state index contributed by atoms with van der Waals surface area (Å²) in [6, 6.07) is 2.22. The molecule has 0 spiro atoms. The molecule has 0 radical (unpaired) electrons. The highest BCUT2D eigenvalue weighted by Crippen LogP contribution is 2.24. The van der Waals surface area contributed by atoms with Gasteiger partial charge in [0.2, 0.25) is 10.0 Å². The van der Waals surface area contributed by atoms with Gasteiger partial charge in [0.15, 0.2) is 5.03 Å². The first-order valence-corrected chi connectivity index (χ1v) is 9.62.